The smallest absolute Gasteiger partial charge is 0.256 e. The SMILES string of the molecule is Cc1ccc(-c2cc(C(=O)Nc3ccc(S(C)(=O)=O)cc3)c3cnn(C(C)C)c3n2)s1. The van der Waals surface area contributed by atoms with Crippen molar-refractivity contribution >= 4 is 43.8 Å². The van der Waals surface area contributed by atoms with Crippen LogP contribution in [0, 0.1) is 6.92 Å². The van der Waals surface area contributed by atoms with Crippen LogP contribution in [0.2, 0.25) is 0 Å². The second-order valence-electron chi connectivity index (χ2n) is 7.64. The minimum atomic E-state index is -3.30. The van der Waals surface area contributed by atoms with Gasteiger partial charge in [-0.1, -0.05) is 0 Å². The highest BCUT2D eigenvalue weighted by atomic mass is 32.2. The van der Waals surface area contributed by atoms with Gasteiger partial charge in [-0.25, -0.2) is 18.1 Å². The first kappa shape index (κ1) is 21.2. The number of rotatable bonds is 5. The van der Waals surface area contributed by atoms with Crippen LogP contribution in [0.5, 0.6) is 0 Å². The van der Waals surface area contributed by atoms with Gasteiger partial charge in [-0.15, -0.1) is 11.3 Å². The molecule has 160 valence electrons. The van der Waals surface area contributed by atoms with Crippen molar-refractivity contribution < 1.29 is 13.2 Å². The number of nitrogens with one attached hydrogen (secondary N) is 1. The Morgan fingerprint density at radius 2 is 1.84 bits per heavy atom. The highest BCUT2D eigenvalue weighted by molar-refractivity contribution is 7.90. The lowest BCUT2D eigenvalue weighted by Crippen LogP contribution is -2.13. The number of amides is 1. The molecule has 7 nitrogen and oxygen atoms in total. The molecule has 31 heavy (non-hydrogen) atoms. The van der Waals surface area contributed by atoms with Gasteiger partial charge in [0, 0.05) is 22.9 Å². The van der Waals surface area contributed by atoms with Crippen LogP contribution in [0.4, 0.5) is 5.69 Å². The third kappa shape index (κ3) is 4.24. The molecule has 4 aromatic rings. The first-order valence-electron chi connectivity index (χ1n) is 9.70. The summed E-state index contributed by atoms with van der Waals surface area (Å²) < 4.78 is 25.1. The molecule has 0 bridgehead atoms. The number of nitrogens with zero attached hydrogens (tertiary/aromatic N) is 3. The Hall–Kier alpha value is -3.04. The van der Waals surface area contributed by atoms with Crippen LogP contribution in [-0.2, 0) is 9.84 Å². The minimum absolute atomic E-state index is 0.0878. The number of hydrogen-bond acceptors (Lipinski definition) is 6. The van der Waals surface area contributed by atoms with Gasteiger partial charge < -0.3 is 5.32 Å². The third-order valence-electron chi connectivity index (χ3n) is 4.83. The molecular weight excluding hydrogens is 432 g/mol. The van der Waals surface area contributed by atoms with Crippen LogP contribution in [0.3, 0.4) is 0 Å². The molecule has 0 saturated carbocycles. The van der Waals surface area contributed by atoms with Crippen molar-refractivity contribution in [2.24, 2.45) is 0 Å². The van der Waals surface area contributed by atoms with E-state index >= 15 is 0 Å². The van der Waals surface area contributed by atoms with E-state index in [9.17, 15) is 13.2 Å². The normalized spacial score (nSPS) is 11.9. The lowest BCUT2D eigenvalue weighted by molar-refractivity contribution is 0.102. The van der Waals surface area contributed by atoms with Crippen LogP contribution in [-0.4, -0.2) is 35.3 Å². The number of thiophene rings is 1. The number of pyridine rings is 1. The maximum absolute atomic E-state index is 13.2. The average molecular weight is 455 g/mol. The minimum Gasteiger partial charge on any atom is -0.322 e. The van der Waals surface area contributed by atoms with E-state index in [1.165, 1.54) is 12.1 Å². The zero-order valence-electron chi connectivity index (χ0n) is 17.6. The number of carbonyl (C=O) groups excluding carboxylic acids is 1. The summed E-state index contributed by atoms with van der Waals surface area (Å²) in [5.74, 6) is -0.308. The van der Waals surface area contributed by atoms with Gasteiger partial charge in [0.1, 0.15) is 0 Å². The zero-order chi connectivity index (χ0) is 22.3. The van der Waals surface area contributed by atoms with Crippen LogP contribution in [0.25, 0.3) is 21.6 Å². The molecule has 0 atom stereocenters. The van der Waals surface area contributed by atoms with Gasteiger partial charge in [0.2, 0.25) is 0 Å². The van der Waals surface area contributed by atoms with E-state index in [1.807, 2.05) is 32.9 Å². The predicted molar refractivity (Wildman–Crippen MR) is 123 cm³/mol. The lowest BCUT2D eigenvalue weighted by atomic mass is 10.1. The van der Waals surface area contributed by atoms with Gasteiger partial charge in [-0.05, 0) is 63.2 Å². The topological polar surface area (TPSA) is 94.0 Å². The van der Waals surface area contributed by atoms with Crippen molar-refractivity contribution in [2.75, 3.05) is 11.6 Å². The molecule has 1 amide bonds. The molecule has 1 N–H and O–H groups in total. The van der Waals surface area contributed by atoms with Crippen molar-refractivity contribution in [1.82, 2.24) is 14.8 Å². The number of aryl methyl sites for hydroxylation is 1. The second kappa shape index (κ2) is 7.90. The number of hydrogen-bond donors (Lipinski definition) is 1. The summed E-state index contributed by atoms with van der Waals surface area (Å²) in [5.41, 5.74) is 2.33. The molecule has 0 aliphatic rings. The quantitative estimate of drug-likeness (QED) is 0.471. The van der Waals surface area contributed by atoms with Crippen molar-refractivity contribution in [2.45, 2.75) is 31.7 Å². The van der Waals surface area contributed by atoms with E-state index in [2.05, 4.69) is 10.4 Å². The Balaban J connectivity index is 1.77. The molecule has 3 heterocycles. The molecule has 0 saturated heterocycles. The molecule has 0 aliphatic carbocycles. The maximum atomic E-state index is 13.2. The summed E-state index contributed by atoms with van der Waals surface area (Å²) >= 11 is 1.61. The van der Waals surface area contributed by atoms with Crippen LogP contribution in [0.1, 0.15) is 35.1 Å². The fraction of sp³-hybridized carbons (Fsp3) is 0.227. The molecule has 4 rings (SSSR count). The first-order chi connectivity index (χ1) is 14.6. The summed E-state index contributed by atoms with van der Waals surface area (Å²) in [7, 11) is -3.30. The van der Waals surface area contributed by atoms with Crippen LogP contribution < -0.4 is 5.32 Å². The Morgan fingerprint density at radius 3 is 2.42 bits per heavy atom. The number of sulfone groups is 1. The average Bonchev–Trinajstić information content (AvgIpc) is 3.33. The number of fused-ring (bicyclic) bond motifs is 1. The largest absolute Gasteiger partial charge is 0.322 e. The fourth-order valence-electron chi connectivity index (χ4n) is 3.27. The maximum Gasteiger partial charge on any atom is 0.256 e. The second-order valence-corrected chi connectivity index (χ2v) is 10.9. The summed E-state index contributed by atoms with van der Waals surface area (Å²) in [5, 5.41) is 7.95. The van der Waals surface area contributed by atoms with Gasteiger partial charge in [0.15, 0.2) is 15.5 Å². The monoisotopic (exact) mass is 454 g/mol. The molecule has 3 aromatic heterocycles. The van der Waals surface area contributed by atoms with E-state index in [4.69, 9.17) is 4.98 Å². The molecule has 0 spiro atoms. The van der Waals surface area contributed by atoms with Gasteiger partial charge in [0.25, 0.3) is 5.91 Å². The summed E-state index contributed by atoms with van der Waals surface area (Å²) in [4.78, 5) is 20.3. The molecule has 0 unspecified atom stereocenters. The number of benzene rings is 1. The number of carbonyl (C=O) groups is 1. The Kier molecular flexibility index (Phi) is 5.40. The zero-order valence-corrected chi connectivity index (χ0v) is 19.2. The number of anilines is 1. The summed E-state index contributed by atoms with van der Waals surface area (Å²) in [6, 6.07) is 12.0. The van der Waals surface area contributed by atoms with Gasteiger partial charge in [0.05, 0.1) is 32.6 Å². The van der Waals surface area contributed by atoms with E-state index in [1.54, 1.807) is 40.4 Å². The van der Waals surface area contributed by atoms with E-state index in [0.717, 1.165) is 16.0 Å². The molecular formula is C22H22N4O3S2. The standard InChI is InChI=1S/C22H22N4O3S2/c1-13(2)26-21-18(12-23-26)17(11-19(25-21)20-10-5-14(3)30-20)22(27)24-15-6-8-16(9-7-15)31(4,28)29/h5-13H,1-4H3,(H,24,27). The Morgan fingerprint density at radius 1 is 1.13 bits per heavy atom. The lowest BCUT2D eigenvalue weighted by Gasteiger charge is -2.11. The van der Waals surface area contributed by atoms with Crippen molar-refractivity contribution in [3.05, 3.63) is 59.1 Å². The third-order valence-corrected chi connectivity index (χ3v) is 6.99. The Bertz CT molecular complexity index is 1380. The fourth-order valence-corrected chi connectivity index (χ4v) is 4.72. The molecule has 1 aromatic carbocycles. The molecule has 0 radical (unpaired) electrons. The van der Waals surface area contributed by atoms with E-state index in [0.29, 0.717) is 28.0 Å². The van der Waals surface area contributed by atoms with Gasteiger partial charge in [-0.3, -0.25) is 4.79 Å². The first-order valence-corrected chi connectivity index (χ1v) is 12.4. The van der Waals surface area contributed by atoms with Crippen molar-refractivity contribution in [3.63, 3.8) is 0 Å². The van der Waals surface area contributed by atoms with Gasteiger partial charge in [-0.2, -0.15) is 5.10 Å². The van der Waals surface area contributed by atoms with Crippen molar-refractivity contribution in [1.29, 1.82) is 0 Å². The summed E-state index contributed by atoms with van der Waals surface area (Å²) in [6.45, 7) is 6.05. The van der Waals surface area contributed by atoms with Crippen LogP contribution in [0.15, 0.2) is 53.6 Å². The summed E-state index contributed by atoms with van der Waals surface area (Å²) in [6.07, 6.45) is 2.81. The van der Waals surface area contributed by atoms with E-state index in [-0.39, 0.29) is 16.8 Å². The van der Waals surface area contributed by atoms with Crippen LogP contribution >= 0.6 is 11.3 Å². The predicted octanol–water partition coefficient (Wildman–Crippen LogP) is 4.70. The van der Waals surface area contributed by atoms with Gasteiger partial charge >= 0.3 is 0 Å². The molecule has 0 aliphatic heterocycles. The molecule has 0 fully saturated rings. The Labute approximate surface area is 184 Å². The highest BCUT2D eigenvalue weighted by Crippen LogP contribution is 2.31. The van der Waals surface area contributed by atoms with E-state index < -0.39 is 9.84 Å². The number of aromatic nitrogens is 3. The highest BCUT2D eigenvalue weighted by Gasteiger charge is 2.19. The van der Waals surface area contributed by atoms with Crippen molar-refractivity contribution in [3.8, 4) is 10.6 Å². The molecule has 9 heteroatoms.